The van der Waals surface area contributed by atoms with Gasteiger partial charge in [-0.15, -0.1) is 0 Å². The number of nitrogens with one attached hydrogen (secondary N) is 1. The van der Waals surface area contributed by atoms with Gasteiger partial charge >= 0.3 is 0 Å². The number of pyridine rings is 1. The van der Waals surface area contributed by atoms with Crippen LogP contribution in [0.3, 0.4) is 0 Å². The first-order chi connectivity index (χ1) is 13.9. The van der Waals surface area contributed by atoms with Crippen molar-refractivity contribution >= 4 is 11.4 Å². The van der Waals surface area contributed by atoms with Gasteiger partial charge in [0, 0.05) is 24.6 Å². The third-order valence-corrected chi connectivity index (χ3v) is 4.73. The molecule has 0 aliphatic carbocycles. The molecule has 1 amide bonds. The maximum Gasteiger partial charge on any atom is 0.272 e. The normalized spacial score (nSPS) is 11.3. The predicted molar refractivity (Wildman–Crippen MR) is 109 cm³/mol. The van der Waals surface area contributed by atoms with Crippen molar-refractivity contribution in [2.45, 2.75) is 40.3 Å². The molecule has 4 heterocycles. The summed E-state index contributed by atoms with van der Waals surface area (Å²) < 4.78 is 3.99. The number of aryl methyl sites for hydroxylation is 2. The highest BCUT2D eigenvalue weighted by Gasteiger charge is 2.20. The van der Waals surface area contributed by atoms with Gasteiger partial charge in [-0.25, -0.2) is 9.97 Å². The third kappa shape index (κ3) is 3.61. The van der Waals surface area contributed by atoms with Gasteiger partial charge in [0.2, 0.25) is 0 Å². The average Bonchev–Trinajstić information content (AvgIpc) is 3.28. The van der Waals surface area contributed by atoms with Crippen molar-refractivity contribution < 1.29 is 4.79 Å². The van der Waals surface area contributed by atoms with Crippen LogP contribution in [0.25, 0.3) is 17.0 Å². The van der Waals surface area contributed by atoms with E-state index >= 15 is 0 Å². The summed E-state index contributed by atoms with van der Waals surface area (Å²) in [7, 11) is 0. The van der Waals surface area contributed by atoms with Crippen LogP contribution < -0.4 is 5.32 Å². The van der Waals surface area contributed by atoms with Gasteiger partial charge in [0.05, 0.1) is 29.6 Å². The molecule has 4 aromatic rings. The Hall–Kier alpha value is -3.55. The van der Waals surface area contributed by atoms with Gasteiger partial charge in [-0.1, -0.05) is 6.07 Å². The van der Waals surface area contributed by atoms with E-state index in [2.05, 4.69) is 43.7 Å². The van der Waals surface area contributed by atoms with Gasteiger partial charge in [0.1, 0.15) is 11.5 Å². The molecule has 0 saturated carbocycles. The highest BCUT2D eigenvalue weighted by atomic mass is 16.1. The monoisotopic (exact) mass is 389 g/mol. The molecular formula is C21H23N7O. The number of carbonyl (C=O) groups excluding carboxylic acids is 1. The number of imidazole rings is 2. The predicted octanol–water partition coefficient (Wildman–Crippen LogP) is 3.12. The van der Waals surface area contributed by atoms with Crippen molar-refractivity contribution in [2.75, 3.05) is 0 Å². The zero-order valence-corrected chi connectivity index (χ0v) is 16.9. The van der Waals surface area contributed by atoms with Crippen LogP contribution in [-0.2, 0) is 6.54 Å². The first-order valence-corrected chi connectivity index (χ1v) is 9.52. The molecule has 0 bridgehead atoms. The second-order valence-corrected chi connectivity index (χ2v) is 7.25. The summed E-state index contributed by atoms with van der Waals surface area (Å²) >= 11 is 0. The number of fused-ring (bicyclic) bond motifs is 1. The van der Waals surface area contributed by atoms with Gasteiger partial charge in [-0.05, 0) is 39.8 Å². The van der Waals surface area contributed by atoms with Crippen molar-refractivity contribution in [3.05, 3.63) is 65.9 Å². The molecular weight excluding hydrogens is 366 g/mol. The van der Waals surface area contributed by atoms with Crippen molar-refractivity contribution in [2.24, 2.45) is 0 Å². The second kappa shape index (κ2) is 7.46. The second-order valence-electron chi connectivity index (χ2n) is 7.25. The zero-order chi connectivity index (χ0) is 20.5. The summed E-state index contributed by atoms with van der Waals surface area (Å²) in [6.07, 6.45) is 7.21. The molecule has 8 heteroatoms. The van der Waals surface area contributed by atoms with Gasteiger partial charge in [0.15, 0.2) is 11.5 Å². The number of hydrogen-bond donors (Lipinski definition) is 1. The number of amides is 1. The summed E-state index contributed by atoms with van der Waals surface area (Å²) in [5.41, 5.74) is 3.35. The van der Waals surface area contributed by atoms with Crippen LogP contribution in [-0.4, -0.2) is 34.8 Å². The van der Waals surface area contributed by atoms with E-state index in [9.17, 15) is 4.79 Å². The summed E-state index contributed by atoms with van der Waals surface area (Å²) in [6, 6.07) is 5.97. The first kappa shape index (κ1) is 18.8. The number of rotatable bonds is 5. The molecule has 0 aromatic carbocycles. The average molecular weight is 389 g/mol. The Bertz CT molecular complexity index is 1170. The van der Waals surface area contributed by atoms with Crippen LogP contribution in [0.5, 0.6) is 0 Å². The van der Waals surface area contributed by atoms with Crippen LogP contribution in [0.1, 0.15) is 47.6 Å². The number of aromatic nitrogens is 6. The lowest BCUT2D eigenvalue weighted by molar-refractivity contribution is 0.0947. The van der Waals surface area contributed by atoms with E-state index in [1.54, 1.807) is 12.4 Å². The lowest BCUT2D eigenvalue weighted by Gasteiger charge is -2.07. The molecule has 0 saturated heterocycles. The number of nitrogens with zero attached hydrogens (tertiary/aromatic N) is 6. The van der Waals surface area contributed by atoms with Crippen LogP contribution in [0.4, 0.5) is 0 Å². The maximum atomic E-state index is 12.9. The Morgan fingerprint density at radius 3 is 2.66 bits per heavy atom. The van der Waals surface area contributed by atoms with Crippen LogP contribution >= 0.6 is 0 Å². The van der Waals surface area contributed by atoms with E-state index < -0.39 is 0 Å². The zero-order valence-electron chi connectivity index (χ0n) is 16.9. The van der Waals surface area contributed by atoms with Gasteiger partial charge in [-0.2, -0.15) is 0 Å². The van der Waals surface area contributed by atoms with Crippen molar-refractivity contribution in [1.29, 1.82) is 0 Å². The smallest absolute Gasteiger partial charge is 0.272 e. The Labute approximate surface area is 168 Å². The molecule has 8 nitrogen and oxygen atoms in total. The Morgan fingerprint density at radius 1 is 1.14 bits per heavy atom. The number of carbonyl (C=O) groups is 1. The summed E-state index contributed by atoms with van der Waals surface area (Å²) in [5, 5.41) is 2.88. The minimum atomic E-state index is -0.262. The molecule has 0 spiro atoms. The minimum Gasteiger partial charge on any atom is -0.345 e. The highest BCUT2D eigenvalue weighted by Crippen LogP contribution is 2.24. The molecule has 0 unspecified atom stereocenters. The molecule has 0 aliphatic heterocycles. The van der Waals surface area contributed by atoms with Gasteiger partial charge < -0.3 is 9.88 Å². The fraction of sp³-hybridized carbons (Fsp3) is 0.286. The quantitative estimate of drug-likeness (QED) is 0.566. The van der Waals surface area contributed by atoms with E-state index in [4.69, 9.17) is 0 Å². The molecule has 0 aliphatic rings. The fourth-order valence-electron chi connectivity index (χ4n) is 3.27. The molecule has 148 valence electrons. The van der Waals surface area contributed by atoms with E-state index in [1.165, 1.54) is 0 Å². The van der Waals surface area contributed by atoms with Gasteiger partial charge in [0.25, 0.3) is 5.91 Å². The number of hydrogen-bond acceptors (Lipinski definition) is 5. The van der Waals surface area contributed by atoms with E-state index in [0.717, 1.165) is 22.7 Å². The van der Waals surface area contributed by atoms with Crippen LogP contribution in [0.15, 0.2) is 43.0 Å². The fourth-order valence-corrected chi connectivity index (χ4v) is 3.27. The summed E-state index contributed by atoms with van der Waals surface area (Å²) in [4.78, 5) is 30.6. The Kier molecular flexibility index (Phi) is 4.84. The lowest BCUT2D eigenvalue weighted by atomic mass is 10.3. The lowest BCUT2D eigenvalue weighted by Crippen LogP contribution is -2.24. The molecule has 4 aromatic heterocycles. The first-order valence-electron chi connectivity index (χ1n) is 9.52. The molecule has 1 N–H and O–H groups in total. The van der Waals surface area contributed by atoms with E-state index in [-0.39, 0.29) is 12.5 Å². The van der Waals surface area contributed by atoms with Gasteiger partial charge in [-0.3, -0.25) is 19.2 Å². The van der Waals surface area contributed by atoms with E-state index in [1.807, 2.05) is 48.8 Å². The standard InChI is InChI=1S/C21H23N7O/c1-13(2)28-12-17(25-15(28)4)20-26-19(18-7-5-6-8-27(18)20)21(29)24-11-16-10-22-14(3)9-23-16/h5-10,12-13H,11H2,1-4H3,(H,24,29). The largest absolute Gasteiger partial charge is 0.345 e. The summed E-state index contributed by atoms with van der Waals surface area (Å²) in [6.45, 7) is 8.34. The van der Waals surface area contributed by atoms with Crippen molar-refractivity contribution in [1.82, 2.24) is 34.2 Å². The third-order valence-electron chi connectivity index (χ3n) is 4.73. The Balaban J connectivity index is 1.67. The maximum absolute atomic E-state index is 12.9. The van der Waals surface area contributed by atoms with Crippen molar-refractivity contribution in [3.63, 3.8) is 0 Å². The van der Waals surface area contributed by atoms with Crippen LogP contribution in [0, 0.1) is 13.8 Å². The molecule has 0 fully saturated rings. The SMILES string of the molecule is Cc1cnc(CNC(=O)c2nc(-c3cn(C(C)C)c(C)n3)n3ccccc23)cn1. The summed E-state index contributed by atoms with van der Waals surface area (Å²) in [5.74, 6) is 1.29. The molecule has 29 heavy (non-hydrogen) atoms. The molecule has 4 rings (SSSR count). The highest BCUT2D eigenvalue weighted by molar-refractivity contribution is 5.99. The molecule has 0 atom stereocenters. The topological polar surface area (TPSA) is 90.0 Å². The van der Waals surface area contributed by atoms with Crippen LogP contribution in [0.2, 0.25) is 0 Å². The molecule has 0 radical (unpaired) electrons. The van der Waals surface area contributed by atoms with E-state index in [0.29, 0.717) is 23.3 Å². The Morgan fingerprint density at radius 2 is 1.97 bits per heavy atom. The van der Waals surface area contributed by atoms with Crippen molar-refractivity contribution in [3.8, 4) is 11.5 Å². The minimum absolute atomic E-state index is 0.262.